The van der Waals surface area contributed by atoms with Gasteiger partial charge >= 0.3 is 0 Å². The number of H-pyrrole nitrogens is 1. The van der Waals surface area contributed by atoms with Crippen LogP contribution in [0.1, 0.15) is 30.0 Å². The van der Waals surface area contributed by atoms with Crippen molar-refractivity contribution >= 4 is 10.9 Å². The number of aryl methyl sites for hydroxylation is 1. The molecule has 1 aromatic heterocycles. The minimum atomic E-state index is 0.0993. The first-order valence-corrected chi connectivity index (χ1v) is 9.39. The molecule has 0 saturated heterocycles. The molecule has 0 fully saturated rings. The van der Waals surface area contributed by atoms with Crippen molar-refractivity contribution in [1.29, 1.82) is 0 Å². The molecule has 3 aromatic carbocycles. The summed E-state index contributed by atoms with van der Waals surface area (Å²) in [6.07, 6.45) is 5.44. The Morgan fingerprint density at radius 2 is 1.42 bits per heavy atom. The molecule has 1 atom stereocenters. The zero-order valence-corrected chi connectivity index (χ0v) is 15.3. The highest BCUT2D eigenvalue weighted by Gasteiger charge is 2.27. The minimum absolute atomic E-state index is 0.0993. The van der Waals surface area contributed by atoms with Gasteiger partial charge in [0.15, 0.2) is 0 Å². The number of hydrogen-bond donors (Lipinski definition) is 1. The smallest absolute Gasteiger partial charge is 0.0456 e. The van der Waals surface area contributed by atoms with E-state index in [-0.39, 0.29) is 5.41 Å². The molecule has 0 aliphatic carbocycles. The quantitative estimate of drug-likeness (QED) is 0.424. The Balaban J connectivity index is 1.66. The molecule has 0 saturated carbocycles. The first kappa shape index (κ1) is 16.7. The highest BCUT2D eigenvalue weighted by molar-refractivity contribution is 5.83. The third-order valence-corrected chi connectivity index (χ3v) is 5.53. The maximum Gasteiger partial charge on any atom is 0.0456 e. The molecule has 1 nitrogen and oxygen atoms in total. The van der Waals surface area contributed by atoms with E-state index in [1.807, 2.05) is 0 Å². The summed E-state index contributed by atoms with van der Waals surface area (Å²) in [6, 6.07) is 30.4. The number of aromatic nitrogens is 1. The Kier molecular flexibility index (Phi) is 4.62. The van der Waals surface area contributed by atoms with E-state index in [1.54, 1.807) is 0 Å². The maximum atomic E-state index is 3.44. The Morgan fingerprint density at radius 3 is 2.19 bits per heavy atom. The van der Waals surface area contributed by atoms with Crippen molar-refractivity contribution in [3.05, 3.63) is 108 Å². The molecule has 1 N–H and O–H groups in total. The molecular formula is C25H25N. The number of rotatable bonds is 6. The third-order valence-electron chi connectivity index (χ3n) is 5.53. The van der Waals surface area contributed by atoms with Crippen molar-refractivity contribution < 1.29 is 0 Å². The maximum absolute atomic E-state index is 3.44. The largest absolute Gasteiger partial charge is 0.361 e. The van der Waals surface area contributed by atoms with Gasteiger partial charge in [0.1, 0.15) is 0 Å². The molecular weight excluding hydrogens is 314 g/mol. The third kappa shape index (κ3) is 3.43. The molecule has 26 heavy (non-hydrogen) atoms. The fourth-order valence-electron chi connectivity index (χ4n) is 3.94. The molecule has 0 aliphatic heterocycles. The van der Waals surface area contributed by atoms with Gasteiger partial charge in [-0.2, -0.15) is 0 Å². The second-order valence-electron chi connectivity index (χ2n) is 7.45. The second kappa shape index (κ2) is 7.21. The first-order valence-electron chi connectivity index (χ1n) is 9.39. The van der Waals surface area contributed by atoms with Crippen LogP contribution in [0.4, 0.5) is 0 Å². The van der Waals surface area contributed by atoms with Gasteiger partial charge < -0.3 is 4.98 Å². The van der Waals surface area contributed by atoms with Crippen LogP contribution in [0.5, 0.6) is 0 Å². The molecule has 0 bridgehead atoms. The predicted molar refractivity (Wildman–Crippen MR) is 111 cm³/mol. The lowest BCUT2D eigenvalue weighted by molar-refractivity contribution is 0.432. The number of benzene rings is 3. The summed E-state index contributed by atoms with van der Waals surface area (Å²) in [7, 11) is 0. The van der Waals surface area contributed by atoms with Crippen LogP contribution in [-0.2, 0) is 18.3 Å². The SMILES string of the molecule is CC(CCc1ccccc1)(Cc1c[nH]c2ccccc12)c1ccccc1. The summed E-state index contributed by atoms with van der Waals surface area (Å²) in [6.45, 7) is 2.41. The van der Waals surface area contributed by atoms with E-state index in [0.29, 0.717) is 0 Å². The second-order valence-corrected chi connectivity index (χ2v) is 7.45. The molecule has 1 unspecified atom stereocenters. The molecule has 4 aromatic rings. The van der Waals surface area contributed by atoms with E-state index < -0.39 is 0 Å². The number of fused-ring (bicyclic) bond motifs is 1. The number of hydrogen-bond acceptors (Lipinski definition) is 0. The normalized spacial score (nSPS) is 13.6. The lowest BCUT2D eigenvalue weighted by Crippen LogP contribution is -2.26. The van der Waals surface area contributed by atoms with Gasteiger partial charge in [-0.1, -0.05) is 85.8 Å². The summed E-state index contributed by atoms with van der Waals surface area (Å²) in [5.74, 6) is 0. The van der Waals surface area contributed by atoms with E-state index in [0.717, 1.165) is 19.3 Å². The molecule has 1 heteroatoms. The minimum Gasteiger partial charge on any atom is -0.361 e. The van der Waals surface area contributed by atoms with E-state index in [1.165, 1.54) is 27.6 Å². The fraction of sp³-hybridized carbons (Fsp3) is 0.200. The summed E-state index contributed by atoms with van der Waals surface area (Å²) in [4.78, 5) is 3.44. The van der Waals surface area contributed by atoms with Gasteiger partial charge in [-0.3, -0.25) is 0 Å². The Bertz CT molecular complexity index is 969. The summed E-state index contributed by atoms with van der Waals surface area (Å²) < 4.78 is 0. The van der Waals surface area contributed by atoms with Gasteiger partial charge in [0, 0.05) is 17.1 Å². The van der Waals surface area contributed by atoms with Crippen LogP contribution in [0.15, 0.2) is 91.1 Å². The Hall–Kier alpha value is -2.80. The van der Waals surface area contributed by atoms with E-state index >= 15 is 0 Å². The number of nitrogens with one attached hydrogen (secondary N) is 1. The summed E-state index contributed by atoms with van der Waals surface area (Å²) >= 11 is 0. The lowest BCUT2D eigenvalue weighted by atomic mass is 9.73. The van der Waals surface area contributed by atoms with Crippen molar-refractivity contribution in [3.8, 4) is 0 Å². The van der Waals surface area contributed by atoms with Crippen LogP contribution in [0, 0.1) is 0 Å². The van der Waals surface area contributed by atoms with E-state index in [2.05, 4.69) is 103 Å². The Labute approximate surface area is 155 Å². The standard InChI is InChI=1S/C25H25N/c1-25(22-12-6-3-7-13-22,17-16-20-10-4-2-5-11-20)18-21-19-26-24-15-9-8-14-23(21)24/h2-15,19,26H,16-18H2,1H3. The molecule has 0 spiro atoms. The predicted octanol–water partition coefficient (Wildman–Crippen LogP) is 6.30. The summed E-state index contributed by atoms with van der Waals surface area (Å²) in [5.41, 5.74) is 5.55. The first-order chi connectivity index (χ1) is 12.7. The fourth-order valence-corrected chi connectivity index (χ4v) is 3.94. The Morgan fingerprint density at radius 1 is 0.769 bits per heavy atom. The van der Waals surface area contributed by atoms with Gasteiger partial charge in [0.25, 0.3) is 0 Å². The number of aromatic amines is 1. The summed E-state index contributed by atoms with van der Waals surface area (Å²) in [5, 5.41) is 1.34. The van der Waals surface area contributed by atoms with Crippen molar-refractivity contribution in [2.24, 2.45) is 0 Å². The van der Waals surface area contributed by atoms with Crippen molar-refractivity contribution in [3.63, 3.8) is 0 Å². The van der Waals surface area contributed by atoms with Crippen LogP contribution in [0.2, 0.25) is 0 Å². The van der Waals surface area contributed by atoms with Crippen LogP contribution in [0.3, 0.4) is 0 Å². The molecule has 4 rings (SSSR count). The van der Waals surface area contributed by atoms with Gasteiger partial charge in [0.2, 0.25) is 0 Å². The zero-order chi connectivity index (χ0) is 17.8. The van der Waals surface area contributed by atoms with Crippen LogP contribution >= 0.6 is 0 Å². The van der Waals surface area contributed by atoms with Crippen molar-refractivity contribution in [2.75, 3.05) is 0 Å². The van der Waals surface area contributed by atoms with Crippen molar-refractivity contribution in [2.45, 2.75) is 31.6 Å². The average Bonchev–Trinajstić information content (AvgIpc) is 3.11. The molecule has 0 amide bonds. The van der Waals surface area contributed by atoms with Crippen LogP contribution in [-0.4, -0.2) is 4.98 Å². The highest BCUT2D eigenvalue weighted by Crippen LogP contribution is 2.35. The van der Waals surface area contributed by atoms with Gasteiger partial charge in [-0.05, 0) is 47.4 Å². The van der Waals surface area contributed by atoms with Gasteiger partial charge in [-0.15, -0.1) is 0 Å². The monoisotopic (exact) mass is 339 g/mol. The molecule has 1 heterocycles. The zero-order valence-electron chi connectivity index (χ0n) is 15.3. The topological polar surface area (TPSA) is 15.8 Å². The molecule has 0 radical (unpaired) electrons. The lowest BCUT2D eigenvalue weighted by Gasteiger charge is -2.30. The van der Waals surface area contributed by atoms with Gasteiger partial charge in [-0.25, -0.2) is 0 Å². The number of para-hydroxylation sites is 1. The van der Waals surface area contributed by atoms with Crippen LogP contribution in [0.25, 0.3) is 10.9 Å². The molecule has 0 aliphatic rings. The van der Waals surface area contributed by atoms with E-state index in [4.69, 9.17) is 0 Å². The highest BCUT2D eigenvalue weighted by atomic mass is 14.7. The van der Waals surface area contributed by atoms with Gasteiger partial charge in [0.05, 0.1) is 0 Å². The molecule has 130 valence electrons. The van der Waals surface area contributed by atoms with E-state index in [9.17, 15) is 0 Å². The van der Waals surface area contributed by atoms with Crippen LogP contribution < -0.4 is 0 Å². The van der Waals surface area contributed by atoms with Crippen molar-refractivity contribution in [1.82, 2.24) is 4.98 Å². The average molecular weight is 339 g/mol.